The Labute approximate surface area is 152 Å². The molecule has 0 amide bonds. The van der Waals surface area contributed by atoms with Crippen LogP contribution in [0.3, 0.4) is 0 Å². The molecule has 1 aromatic carbocycles. The van der Waals surface area contributed by atoms with E-state index in [2.05, 4.69) is 19.9 Å². The fraction of sp³-hybridized carbons (Fsp3) is 0.526. The van der Waals surface area contributed by atoms with Gasteiger partial charge in [-0.2, -0.15) is 0 Å². The summed E-state index contributed by atoms with van der Waals surface area (Å²) >= 11 is 12.1. The zero-order valence-electron chi connectivity index (χ0n) is 14.1. The van der Waals surface area contributed by atoms with E-state index in [-0.39, 0.29) is 11.3 Å². The Bertz CT molecular complexity index is 711. The highest BCUT2D eigenvalue weighted by Gasteiger charge is 2.58. The fourth-order valence-electron chi connectivity index (χ4n) is 4.20. The number of fused-ring (bicyclic) bond motifs is 1. The summed E-state index contributed by atoms with van der Waals surface area (Å²) in [4.78, 5) is 12.3. The van der Waals surface area contributed by atoms with Crippen molar-refractivity contribution in [3.05, 3.63) is 39.9 Å². The lowest BCUT2D eigenvalue weighted by Gasteiger charge is -2.58. The minimum Gasteiger partial charge on any atom is -0.478 e. The predicted molar refractivity (Wildman–Crippen MR) is 95.8 cm³/mol. The Kier molecular flexibility index (Phi) is 4.38. The maximum absolute atomic E-state index is 12.3. The third-order valence-corrected chi connectivity index (χ3v) is 6.49. The number of hydrogen-bond acceptors (Lipinski definition) is 2. The number of halogens is 2. The second kappa shape index (κ2) is 5.96. The van der Waals surface area contributed by atoms with Gasteiger partial charge in [0, 0.05) is 5.02 Å². The number of carbonyl (C=O) groups is 1. The van der Waals surface area contributed by atoms with Crippen molar-refractivity contribution in [3.8, 4) is 5.75 Å². The second-order valence-electron chi connectivity index (χ2n) is 7.36. The van der Waals surface area contributed by atoms with Crippen LogP contribution >= 0.6 is 23.2 Å². The summed E-state index contributed by atoms with van der Waals surface area (Å²) in [6, 6.07) is 4.86. The Morgan fingerprint density at radius 1 is 1.42 bits per heavy atom. The lowest BCUT2D eigenvalue weighted by molar-refractivity contribution is -0.155. The van der Waals surface area contributed by atoms with E-state index in [1.807, 2.05) is 6.92 Å². The number of ether oxygens (including phenoxy) is 1. The van der Waals surface area contributed by atoms with Crippen LogP contribution in [0.1, 0.15) is 40.0 Å². The van der Waals surface area contributed by atoms with Crippen molar-refractivity contribution in [2.45, 2.75) is 45.6 Å². The molecule has 1 fully saturated rings. The minimum atomic E-state index is -1.38. The van der Waals surface area contributed by atoms with Crippen LogP contribution in [0.4, 0.5) is 0 Å². The van der Waals surface area contributed by atoms with Crippen LogP contribution in [0.25, 0.3) is 0 Å². The fourth-order valence-corrected chi connectivity index (χ4v) is 4.65. The first-order valence-corrected chi connectivity index (χ1v) is 9.06. The van der Waals surface area contributed by atoms with Crippen LogP contribution in [0, 0.1) is 17.3 Å². The monoisotopic (exact) mass is 368 g/mol. The first kappa shape index (κ1) is 17.6. The first-order chi connectivity index (χ1) is 11.2. The molecule has 0 aromatic heterocycles. The van der Waals surface area contributed by atoms with Gasteiger partial charge in [-0.1, -0.05) is 50.0 Å². The van der Waals surface area contributed by atoms with Gasteiger partial charge < -0.3 is 9.84 Å². The quantitative estimate of drug-likeness (QED) is 0.688. The number of benzene rings is 1. The van der Waals surface area contributed by atoms with E-state index >= 15 is 0 Å². The largest absolute Gasteiger partial charge is 0.478 e. The van der Waals surface area contributed by atoms with E-state index < -0.39 is 11.6 Å². The molecule has 1 saturated carbocycles. The highest BCUT2D eigenvalue weighted by atomic mass is 35.5. The summed E-state index contributed by atoms with van der Waals surface area (Å²) < 4.78 is 6.07. The normalized spacial score (nSPS) is 26.8. The molecule has 0 heterocycles. The van der Waals surface area contributed by atoms with Crippen molar-refractivity contribution in [1.82, 2.24) is 0 Å². The Balaban J connectivity index is 2.03. The van der Waals surface area contributed by atoms with Gasteiger partial charge in [0.2, 0.25) is 5.60 Å². The van der Waals surface area contributed by atoms with Gasteiger partial charge in [-0.15, -0.1) is 0 Å². The van der Waals surface area contributed by atoms with Crippen molar-refractivity contribution in [2.24, 2.45) is 17.3 Å². The van der Waals surface area contributed by atoms with E-state index in [1.54, 1.807) is 18.2 Å². The van der Waals surface area contributed by atoms with Crippen molar-refractivity contribution in [1.29, 1.82) is 0 Å². The Hall–Kier alpha value is -1.19. The third-order valence-electron chi connectivity index (χ3n) is 5.96. The molecule has 3 atom stereocenters. The van der Waals surface area contributed by atoms with Gasteiger partial charge in [-0.05, 0) is 60.3 Å². The molecule has 0 aliphatic heterocycles. The molecular weight excluding hydrogens is 347 g/mol. The van der Waals surface area contributed by atoms with Gasteiger partial charge in [0.05, 0.1) is 5.02 Å². The summed E-state index contributed by atoms with van der Waals surface area (Å²) in [6.07, 6.45) is 4.35. The van der Waals surface area contributed by atoms with Crippen LogP contribution in [0.5, 0.6) is 5.75 Å². The molecule has 3 aliphatic rings. The van der Waals surface area contributed by atoms with E-state index in [0.29, 0.717) is 28.1 Å². The smallest absolute Gasteiger partial charge is 0.352 e. The lowest BCUT2D eigenvalue weighted by atomic mass is 9.47. The van der Waals surface area contributed by atoms with E-state index in [0.717, 1.165) is 18.4 Å². The molecular formula is C19H22Cl2O3. The number of carboxylic acid groups (broad SMARTS) is 1. The van der Waals surface area contributed by atoms with E-state index in [9.17, 15) is 9.90 Å². The summed E-state index contributed by atoms with van der Waals surface area (Å²) in [5.41, 5.74) is -0.381. The molecule has 3 unspecified atom stereocenters. The molecule has 0 radical (unpaired) electrons. The second-order valence-corrected chi connectivity index (χ2v) is 8.21. The Morgan fingerprint density at radius 2 is 2.12 bits per heavy atom. The molecule has 0 saturated heterocycles. The summed E-state index contributed by atoms with van der Waals surface area (Å²) in [7, 11) is 0. The summed E-state index contributed by atoms with van der Waals surface area (Å²) in [6.45, 7) is 6.28. The molecule has 2 bridgehead atoms. The molecule has 3 nitrogen and oxygen atoms in total. The molecule has 130 valence electrons. The first-order valence-electron chi connectivity index (χ1n) is 8.30. The van der Waals surface area contributed by atoms with Gasteiger partial charge in [-0.25, -0.2) is 4.79 Å². The molecule has 24 heavy (non-hydrogen) atoms. The number of aliphatic carboxylic acids is 1. The summed E-state index contributed by atoms with van der Waals surface area (Å²) in [5, 5.41) is 10.9. The topological polar surface area (TPSA) is 46.5 Å². The van der Waals surface area contributed by atoms with Crippen molar-refractivity contribution in [3.63, 3.8) is 0 Å². The molecule has 4 rings (SSSR count). The van der Waals surface area contributed by atoms with Gasteiger partial charge in [0.15, 0.2) is 0 Å². The van der Waals surface area contributed by atoms with Crippen molar-refractivity contribution in [2.75, 3.05) is 0 Å². The van der Waals surface area contributed by atoms with Crippen LogP contribution in [0.15, 0.2) is 29.8 Å². The predicted octanol–water partition coefficient (Wildman–Crippen LogP) is 5.60. The zero-order chi connectivity index (χ0) is 17.7. The molecule has 1 aromatic rings. The van der Waals surface area contributed by atoms with Crippen molar-refractivity contribution >= 4 is 29.2 Å². The van der Waals surface area contributed by atoms with Gasteiger partial charge in [-0.3, -0.25) is 0 Å². The standard InChI is InChI=1S/C19H22Cl2O3/c1-4-19(17(22)23,24-16-8-6-12(20)10-15(16)21)13-7-5-11-9-14(13)18(11,2)3/h6-8,10-11,14H,4-5,9H2,1-3H3,(H,22,23). The third kappa shape index (κ3) is 2.53. The molecule has 0 spiro atoms. The number of allylic oxidation sites excluding steroid dienone is 1. The van der Waals surface area contributed by atoms with Gasteiger partial charge in [0.1, 0.15) is 5.75 Å². The Morgan fingerprint density at radius 3 is 2.62 bits per heavy atom. The molecule has 3 aliphatic carbocycles. The number of hydrogen-bond donors (Lipinski definition) is 1. The highest BCUT2D eigenvalue weighted by Crippen LogP contribution is 2.61. The zero-order valence-corrected chi connectivity index (χ0v) is 15.6. The molecule has 5 heteroatoms. The van der Waals surface area contributed by atoms with E-state index in [4.69, 9.17) is 27.9 Å². The highest BCUT2D eigenvalue weighted by molar-refractivity contribution is 6.35. The maximum Gasteiger partial charge on any atom is 0.352 e. The van der Waals surface area contributed by atoms with Gasteiger partial charge in [0.25, 0.3) is 0 Å². The number of carboxylic acids is 1. The summed E-state index contributed by atoms with van der Waals surface area (Å²) in [5.74, 6) is 0.251. The van der Waals surface area contributed by atoms with Gasteiger partial charge >= 0.3 is 5.97 Å². The van der Waals surface area contributed by atoms with Crippen LogP contribution in [-0.2, 0) is 4.79 Å². The average Bonchev–Trinajstić information content (AvgIpc) is 2.54. The maximum atomic E-state index is 12.3. The lowest BCUT2D eigenvalue weighted by Crippen LogP contribution is -2.57. The van der Waals surface area contributed by atoms with Crippen LogP contribution in [-0.4, -0.2) is 16.7 Å². The molecule has 1 N–H and O–H groups in total. The van der Waals surface area contributed by atoms with Crippen LogP contribution < -0.4 is 4.74 Å². The number of rotatable bonds is 5. The van der Waals surface area contributed by atoms with E-state index in [1.165, 1.54) is 0 Å². The minimum absolute atomic E-state index is 0.118. The van der Waals surface area contributed by atoms with Crippen molar-refractivity contribution < 1.29 is 14.6 Å². The SMILES string of the molecule is CCC(Oc1ccc(Cl)cc1Cl)(C(=O)O)C1=CCC2CC1C2(C)C. The average molecular weight is 369 g/mol. The van der Waals surface area contributed by atoms with Crippen LogP contribution in [0.2, 0.25) is 10.0 Å².